The lowest BCUT2D eigenvalue weighted by atomic mass is 10.1. The smallest absolute Gasteiger partial charge is 0.214 e. The van der Waals surface area contributed by atoms with Crippen molar-refractivity contribution in [3.63, 3.8) is 0 Å². The number of benzene rings is 1. The Morgan fingerprint density at radius 1 is 1.21 bits per heavy atom. The van der Waals surface area contributed by atoms with Gasteiger partial charge in [-0.3, -0.25) is 5.10 Å². The van der Waals surface area contributed by atoms with Crippen LogP contribution in [0.2, 0.25) is 0 Å². The minimum absolute atomic E-state index is 0.412. The summed E-state index contributed by atoms with van der Waals surface area (Å²) in [5.74, 6) is 0. The Bertz CT molecular complexity index is 490. The van der Waals surface area contributed by atoms with Crippen molar-refractivity contribution in [2.24, 2.45) is 0 Å². The van der Waals surface area contributed by atoms with Gasteiger partial charge in [-0.15, -0.1) is 0 Å². The van der Waals surface area contributed by atoms with Gasteiger partial charge in [0.1, 0.15) is 0 Å². The van der Waals surface area contributed by atoms with Crippen LogP contribution in [0.1, 0.15) is 5.69 Å². The maximum absolute atomic E-state index is 4.93. The van der Waals surface area contributed by atoms with Gasteiger partial charge in [-0.1, -0.05) is 30.3 Å². The molecule has 0 unspecified atom stereocenters. The van der Waals surface area contributed by atoms with Crippen molar-refractivity contribution in [1.82, 2.24) is 15.2 Å². The monoisotopic (exact) mass is 203 g/mol. The summed E-state index contributed by atoms with van der Waals surface area (Å²) in [6, 6.07) is 9.89. The van der Waals surface area contributed by atoms with Crippen molar-refractivity contribution in [2.45, 2.75) is 6.92 Å². The van der Waals surface area contributed by atoms with E-state index < -0.39 is 0 Å². The van der Waals surface area contributed by atoms with Crippen LogP contribution in [0.4, 0.5) is 0 Å². The lowest BCUT2D eigenvalue weighted by molar-refractivity contribution is 0.914. The standard InChI is InChI=1S/C10H9N3S/c1-7-9(11-10(14)13-12-7)8-5-3-2-4-6-8/h2-6H,1H3,(H,11,13,14). The maximum Gasteiger partial charge on any atom is 0.214 e. The van der Waals surface area contributed by atoms with Crippen LogP contribution in [-0.2, 0) is 0 Å². The number of aromatic nitrogens is 3. The number of H-pyrrole nitrogens is 1. The molecule has 0 bridgehead atoms. The summed E-state index contributed by atoms with van der Waals surface area (Å²) < 4.78 is 0.412. The molecule has 1 heterocycles. The average molecular weight is 203 g/mol. The highest BCUT2D eigenvalue weighted by molar-refractivity contribution is 7.71. The van der Waals surface area contributed by atoms with Crippen molar-refractivity contribution in [1.29, 1.82) is 0 Å². The molecule has 0 saturated heterocycles. The van der Waals surface area contributed by atoms with Crippen molar-refractivity contribution >= 4 is 12.2 Å². The summed E-state index contributed by atoms with van der Waals surface area (Å²) >= 11 is 4.93. The van der Waals surface area contributed by atoms with Crippen LogP contribution in [0.5, 0.6) is 0 Å². The maximum atomic E-state index is 4.93. The molecule has 3 nitrogen and oxygen atoms in total. The number of hydrogen-bond acceptors (Lipinski definition) is 3. The molecule has 0 amide bonds. The van der Waals surface area contributed by atoms with Crippen molar-refractivity contribution in [3.05, 3.63) is 40.8 Å². The van der Waals surface area contributed by atoms with Crippen LogP contribution >= 0.6 is 12.2 Å². The van der Waals surface area contributed by atoms with Gasteiger partial charge in [0.05, 0.1) is 11.4 Å². The molecule has 0 saturated carbocycles. The van der Waals surface area contributed by atoms with Gasteiger partial charge in [-0.2, -0.15) is 5.10 Å². The Labute approximate surface area is 86.8 Å². The topological polar surface area (TPSA) is 41.6 Å². The Hall–Kier alpha value is -1.55. The van der Waals surface area contributed by atoms with Crippen LogP contribution in [0.15, 0.2) is 30.3 Å². The summed E-state index contributed by atoms with van der Waals surface area (Å²) in [5.41, 5.74) is 2.73. The molecule has 0 radical (unpaired) electrons. The largest absolute Gasteiger partial charge is 0.252 e. The van der Waals surface area contributed by atoms with Gasteiger partial charge in [0.15, 0.2) is 0 Å². The normalized spacial score (nSPS) is 10.1. The highest BCUT2D eigenvalue weighted by atomic mass is 32.1. The first-order valence-corrected chi connectivity index (χ1v) is 4.67. The van der Waals surface area contributed by atoms with Gasteiger partial charge >= 0.3 is 0 Å². The minimum atomic E-state index is 0.412. The van der Waals surface area contributed by atoms with Crippen LogP contribution < -0.4 is 0 Å². The zero-order valence-electron chi connectivity index (χ0n) is 7.69. The molecule has 70 valence electrons. The Morgan fingerprint density at radius 2 is 1.93 bits per heavy atom. The van der Waals surface area contributed by atoms with Crippen LogP contribution in [0.3, 0.4) is 0 Å². The Morgan fingerprint density at radius 3 is 2.64 bits per heavy atom. The first kappa shape index (κ1) is 9.02. The first-order valence-electron chi connectivity index (χ1n) is 4.26. The Kier molecular flexibility index (Phi) is 2.37. The molecule has 14 heavy (non-hydrogen) atoms. The van der Waals surface area contributed by atoms with E-state index in [4.69, 9.17) is 12.2 Å². The molecule has 0 fully saturated rings. The second-order valence-corrected chi connectivity index (χ2v) is 3.33. The SMILES string of the molecule is Cc1n[nH]c(=S)nc1-c1ccccc1. The third-order valence-electron chi connectivity index (χ3n) is 1.92. The highest BCUT2D eigenvalue weighted by Gasteiger charge is 2.03. The molecule has 0 atom stereocenters. The quantitative estimate of drug-likeness (QED) is 0.724. The predicted octanol–water partition coefficient (Wildman–Crippen LogP) is 2.51. The van der Waals surface area contributed by atoms with Gasteiger partial charge in [0, 0.05) is 5.56 Å². The average Bonchev–Trinajstić information content (AvgIpc) is 2.23. The summed E-state index contributed by atoms with van der Waals surface area (Å²) in [7, 11) is 0. The van der Waals surface area contributed by atoms with E-state index in [1.54, 1.807) is 0 Å². The molecule has 0 aliphatic rings. The second-order valence-electron chi connectivity index (χ2n) is 2.94. The van der Waals surface area contributed by atoms with Gasteiger partial charge in [0.2, 0.25) is 4.77 Å². The van der Waals surface area contributed by atoms with Crippen LogP contribution in [0.25, 0.3) is 11.3 Å². The van der Waals surface area contributed by atoms with Gasteiger partial charge in [0.25, 0.3) is 0 Å². The zero-order chi connectivity index (χ0) is 9.97. The van der Waals surface area contributed by atoms with Crippen molar-refractivity contribution in [2.75, 3.05) is 0 Å². The fourth-order valence-corrected chi connectivity index (χ4v) is 1.40. The Balaban J connectivity index is 2.62. The zero-order valence-corrected chi connectivity index (χ0v) is 8.51. The van der Waals surface area contributed by atoms with Crippen LogP contribution in [-0.4, -0.2) is 15.2 Å². The van der Waals surface area contributed by atoms with Gasteiger partial charge in [-0.25, -0.2) is 4.98 Å². The second kappa shape index (κ2) is 3.67. The summed E-state index contributed by atoms with van der Waals surface area (Å²) in [6.07, 6.45) is 0. The lowest BCUT2D eigenvalue weighted by Crippen LogP contribution is -1.95. The molecule has 0 aliphatic heterocycles. The van der Waals surface area contributed by atoms with Crippen molar-refractivity contribution in [3.8, 4) is 11.3 Å². The van der Waals surface area contributed by atoms with E-state index in [-0.39, 0.29) is 0 Å². The van der Waals surface area contributed by atoms with E-state index in [0.29, 0.717) is 4.77 Å². The first-order chi connectivity index (χ1) is 6.77. The number of rotatable bonds is 1. The number of aryl methyl sites for hydroxylation is 1. The molecule has 4 heteroatoms. The van der Waals surface area contributed by atoms with E-state index in [0.717, 1.165) is 17.0 Å². The molecule has 0 aliphatic carbocycles. The molecule has 1 N–H and O–H groups in total. The van der Waals surface area contributed by atoms with Crippen LogP contribution in [0, 0.1) is 11.7 Å². The van der Waals surface area contributed by atoms with Crippen molar-refractivity contribution < 1.29 is 0 Å². The van der Waals surface area contributed by atoms with Gasteiger partial charge in [-0.05, 0) is 19.1 Å². The fraction of sp³-hybridized carbons (Fsp3) is 0.100. The third kappa shape index (κ3) is 1.70. The fourth-order valence-electron chi connectivity index (χ4n) is 1.26. The number of nitrogens with one attached hydrogen (secondary N) is 1. The summed E-state index contributed by atoms with van der Waals surface area (Å²) in [6.45, 7) is 1.90. The lowest BCUT2D eigenvalue weighted by Gasteiger charge is -2.02. The van der Waals surface area contributed by atoms with E-state index in [1.807, 2.05) is 37.3 Å². The molecule has 2 rings (SSSR count). The highest BCUT2D eigenvalue weighted by Crippen LogP contribution is 2.17. The molecular formula is C10H9N3S. The molecule has 1 aromatic heterocycles. The summed E-state index contributed by atoms with van der Waals surface area (Å²) in [4.78, 5) is 4.24. The predicted molar refractivity (Wildman–Crippen MR) is 57.4 cm³/mol. The number of aromatic amines is 1. The third-order valence-corrected chi connectivity index (χ3v) is 2.11. The number of nitrogens with zero attached hydrogens (tertiary/aromatic N) is 2. The van der Waals surface area contributed by atoms with E-state index in [9.17, 15) is 0 Å². The molecule has 0 spiro atoms. The minimum Gasteiger partial charge on any atom is -0.252 e. The molecule has 2 aromatic rings. The van der Waals surface area contributed by atoms with E-state index in [1.165, 1.54) is 0 Å². The van der Waals surface area contributed by atoms with Gasteiger partial charge < -0.3 is 0 Å². The van der Waals surface area contributed by atoms with E-state index in [2.05, 4.69) is 15.2 Å². The molecular weight excluding hydrogens is 194 g/mol. The summed E-state index contributed by atoms with van der Waals surface area (Å²) in [5, 5.41) is 6.73. The van der Waals surface area contributed by atoms with E-state index >= 15 is 0 Å². The number of hydrogen-bond donors (Lipinski definition) is 1. The molecule has 1 aromatic carbocycles.